The van der Waals surface area contributed by atoms with Crippen LogP contribution in [0, 0.1) is 6.92 Å². The Balaban J connectivity index is 1.74. The first kappa shape index (κ1) is 19.3. The second-order valence-corrected chi connectivity index (χ2v) is 6.87. The molecule has 0 saturated carbocycles. The number of carbonyl (C=O) groups is 2. The third-order valence-electron chi connectivity index (χ3n) is 4.88. The van der Waals surface area contributed by atoms with E-state index in [1.165, 1.54) is 6.20 Å². The van der Waals surface area contributed by atoms with E-state index in [-0.39, 0.29) is 11.3 Å². The van der Waals surface area contributed by atoms with E-state index in [0.717, 1.165) is 11.1 Å². The Morgan fingerprint density at radius 1 is 1.17 bits per heavy atom. The van der Waals surface area contributed by atoms with Gasteiger partial charge in [-0.15, -0.1) is 0 Å². The summed E-state index contributed by atoms with van der Waals surface area (Å²) >= 11 is 0. The summed E-state index contributed by atoms with van der Waals surface area (Å²) in [5, 5.41) is 19.6. The van der Waals surface area contributed by atoms with Crippen LogP contribution in [0.25, 0.3) is 0 Å². The molecule has 1 aromatic heterocycles. The number of benzene rings is 2. The molecular weight excluding hydrogens is 384 g/mol. The van der Waals surface area contributed by atoms with Crippen LogP contribution in [0.1, 0.15) is 27.5 Å². The minimum atomic E-state index is -1.13. The fraction of sp³-hybridized carbons (Fsp3) is 0.136. The molecule has 8 nitrogen and oxygen atoms in total. The number of fused-ring (bicyclic) bond motifs is 1. The quantitative estimate of drug-likeness (QED) is 0.602. The van der Waals surface area contributed by atoms with Crippen molar-refractivity contribution < 1.29 is 19.4 Å². The van der Waals surface area contributed by atoms with Gasteiger partial charge in [0.25, 0.3) is 5.91 Å². The number of nitrogens with one attached hydrogen (secondary N) is 2. The Hall–Kier alpha value is -4.07. The van der Waals surface area contributed by atoms with Crippen molar-refractivity contribution in [1.82, 2.24) is 9.78 Å². The van der Waals surface area contributed by atoms with Crippen LogP contribution in [0.5, 0.6) is 5.75 Å². The van der Waals surface area contributed by atoms with E-state index in [0.29, 0.717) is 17.3 Å². The number of aliphatic carboxylic acids is 1. The highest BCUT2D eigenvalue weighted by molar-refractivity contribution is 6.08. The minimum absolute atomic E-state index is 0.0386. The molecule has 1 aliphatic heterocycles. The van der Waals surface area contributed by atoms with Crippen LogP contribution in [-0.4, -0.2) is 33.9 Å². The smallest absolute Gasteiger partial charge is 0.352 e. The SMILES string of the molecule is COc1ccccc1[C@H]1C=C(C(=O)O)Nc2c(C(=O)Nc3ccc(C)cc3)cnn21. The average molecular weight is 404 g/mol. The van der Waals surface area contributed by atoms with Crippen molar-refractivity contribution in [2.75, 3.05) is 17.7 Å². The van der Waals surface area contributed by atoms with Crippen LogP contribution in [0.15, 0.2) is 66.5 Å². The van der Waals surface area contributed by atoms with Crippen molar-refractivity contribution in [3.05, 3.63) is 83.2 Å². The van der Waals surface area contributed by atoms with Crippen molar-refractivity contribution in [3.63, 3.8) is 0 Å². The third-order valence-corrected chi connectivity index (χ3v) is 4.88. The zero-order valence-electron chi connectivity index (χ0n) is 16.4. The lowest BCUT2D eigenvalue weighted by Gasteiger charge is -2.25. The summed E-state index contributed by atoms with van der Waals surface area (Å²) in [6.45, 7) is 1.96. The molecule has 0 saturated heterocycles. The summed E-state index contributed by atoms with van der Waals surface area (Å²) in [5.74, 6) is -0.627. The molecule has 1 atom stereocenters. The topological polar surface area (TPSA) is 105 Å². The number of carboxylic acid groups (broad SMARTS) is 1. The van der Waals surface area contributed by atoms with Gasteiger partial charge in [0.2, 0.25) is 0 Å². The molecule has 1 amide bonds. The highest BCUT2D eigenvalue weighted by Crippen LogP contribution is 2.36. The molecule has 0 unspecified atom stereocenters. The first-order valence-corrected chi connectivity index (χ1v) is 9.28. The second kappa shape index (κ2) is 7.75. The molecule has 1 aliphatic rings. The van der Waals surface area contributed by atoms with E-state index < -0.39 is 17.9 Å². The normalized spacial score (nSPS) is 14.9. The zero-order chi connectivity index (χ0) is 21.3. The van der Waals surface area contributed by atoms with Crippen LogP contribution < -0.4 is 15.4 Å². The number of aryl methyl sites for hydroxylation is 1. The standard InChI is InChI=1S/C22H20N4O4/c1-13-7-9-14(10-8-13)24-21(27)16-12-23-26-18(11-17(22(28)29)25-20(16)26)15-5-3-4-6-19(15)30-2/h3-12,18,25H,1-2H3,(H,24,27)(H,28,29)/t18-/m1/s1. The fourth-order valence-electron chi connectivity index (χ4n) is 3.35. The molecular formula is C22H20N4O4. The van der Waals surface area contributed by atoms with Crippen molar-refractivity contribution in [3.8, 4) is 5.75 Å². The molecule has 3 aromatic rings. The van der Waals surface area contributed by atoms with Crippen molar-refractivity contribution in [2.45, 2.75) is 13.0 Å². The van der Waals surface area contributed by atoms with Gasteiger partial charge in [0.15, 0.2) is 0 Å². The predicted octanol–water partition coefficient (Wildman–Crippen LogP) is 3.44. The van der Waals surface area contributed by atoms with Crippen molar-refractivity contribution >= 4 is 23.4 Å². The number of anilines is 2. The van der Waals surface area contributed by atoms with Gasteiger partial charge in [-0.2, -0.15) is 5.10 Å². The number of aromatic nitrogens is 2. The average Bonchev–Trinajstić information content (AvgIpc) is 3.19. The number of carbonyl (C=O) groups excluding carboxylic acids is 1. The molecule has 0 radical (unpaired) electrons. The number of hydrogen-bond donors (Lipinski definition) is 3. The van der Waals surface area contributed by atoms with Crippen molar-refractivity contribution in [1.29, 1.82) is 0 Å². The number of nitrogens with zero attached hydrogens (tertiary/aromatic N) is 2. The highest BCUT2D eigenvalue weighted by atomic mass is 16.5. The molecule has 30 heavy (non-hydrogen) atoms. The summed E-state index contributed by atoms with van der Waals surface area (Å²) in [4.78, 5) is 24.6. The number of rotatable bonds is 5. The predicted molar refractivity (Wildman–Crippen MR) is 112 cm³/mol. The van der Waals surface area contributed by atoms with Crippen molar-refractivity contribution in [2.24, 2.45) is 0 Å². The molecule has 0 bridgehead atoms. The van der Waals surface area contributed by atoms with E-state index in [1.807, 2.05) is 37.3 Å². The Morgan fingerprint density at radius 3 is 2.60 bits per heavy atom. The second-order valence-electron chi connectivity index (χ2n) is 6.87. The number of amides is 1. The molecule has 152 valence electrons. The summed E-state index contributed by atoms with van der Waals surface area (Å²) in [6.07, 6.45) is 2.97. The Bertz CT molecular complexity index is 1150. The number of ether oxygens (including phenoxy) is 1. The molecule has 3 N–H and O–H groups in total. The van der Waals surface area contributed by atoms with E-state index in [9.17, 15) is 14.7 Å². The van der Waals surface area contributed by atoms with Gasteiger partial charge < -0.3 is 20.5 Å². The van der Waals surface area contributed by atoms with Gasteiger partial charge in [0, 0.05) is 11.3 Å². The number of allylic oxidation sites excluding steroid dienone is 1. The minimum Gasteiger partial charge on any atom is -0.496 e. The van der Waals surface area contributed by atoms with E-state index >= 15 is 0 Å². The van der Waals surface area contributed by atoms with Gasteiger partial charge in [-0.25, -0.2) is 9.48 Å². The van der Waals surface area contributed by atoms with E-state index in [1.54, 1.807) is 36.1 Å². The molecule has 8 heteroatoms. The lowest BCUT2D eigenvalue weighted by atomic mass is 10.0. The summed E-state index contributed by atoms with van der Waals surface area (Å²) < 4.78 is 7.01. The van der Waals surface area contributed by atoms with E-state index in [2.05, 4.69) is 15.7 Å². The molecule has 0 aliphatic carbocycles. The first-order chi connectivity index (χ1) is 14.5. The van der Waals surface area contributed by atoms with Crippen LogP contribution in [0.2, 0.25) is 0 Å². The van der Waals surface area contributed by atoms with Gasteiger partial charge in [0.1, 0.15) is 28.9 Å². The van der Waals surface area contributed by atoms with Crippen LogP contribution in [-0.2, 0) is 4.79 Å². The molecule has 4 rings (SSSR count). The summed E-state index contributed by atoms with van der Waals surface area (Å²) in [6, 6.07) is 14.1. The Kier molecular flexibility index (Phi) is 4.97. The maximum atomic E-state index is 12.9. The lowest BCUT2D eigenvalue weighted by molar-refractivity contribution is -0.132. The third kappa shape index (κ3) is 3.50. The highest BCUT2D eigenvalue weighted by Gasteiger charge is 2.30. The van der Waals surface area contributed by atoms with Crippen LogP contribution in [0.4, 0.5) is 11.5 Å². The molecule has 0 fully saturated rings. The molecule has 2 heterocycles. The van der Waals surface area contributed by atoms with Crippen LogP contribution in [0.3, 0.4) is 0 Å². The molecule has 2 aromatic carbocycles. The number of methoxy groups -OCH3 is 1. The zero-order valence-corrected chi connectivity index (χ0v) is 16.4. The lowest BCUT2D eigenvalue weighted by Crippen LogP contribution is -2.26. The largest absolute Gasteiger partial charge is 0.496 e. The Morgan fingerprint density at radius 2 is 1.90 bits per heavy atom. The monoisotopic (exact) mass is 404 g/mol. The summed E-state index contributed by atoms with van der Waals surface area (Å²) in [5.41, 5.74) is 2.64. The number of carboxylic acids is 1. The Labute approximate surface area is 172 Å². The number of para-hydroxylation sites is 1. The van der Waals surface area contributed by atoms with Gasteiger partial charge >= 0.3 is 5.97 Å². The fourth-order valence-corrected chi connectivity index (χ4v) is 3.35. The number of hydrogen-bond acceptors (Lipinski definition) is 5. The first-order valence-electron chi connectivity index (χ1n) is 9.28. The van der Waals surface area contributed by atoms with E-state index in [4.69, 9.17) is 4.74 Å². The van der Waals surface area contributed by atoms with Gasteiger partial charge in [-0.3, -0.25) is 4.79 Å². The van der Waals surface area contributed by atoms with Gasteiger partial charge in [-0.1, -0.05) is 35.9 Å². The summed E-state index contributed by atoms with van der Waals surface area (Å²) in [7, 11) is 1.55. The molecule has 0 spiro atoms. The van der Waals surface area contributed by atoms with Gasteiger partial charge in [-0.05, 0) is 31.2 Å². The maximum Gasteiger partial charge on any atom is 0.352 e. The van der Waals surface area contributed by atoms with Gasteiger partial charge in [0.05, 0.1) is 13.3 Å². The van der Waals surface area contributed by atoms with Crippen LogP contribution >= 0.6 is 0 Å². The maximum absolute atomic E-state index is 12.9.